The van der Waals surface area contributed by atoms with Crippen molar-refractivity contribution in [2.24, 2.45) is 0 Å². The zero-order valence-electron chi connectivity index (χ0n) is 13.8. The number of amides is 1. The highest BCUT2D eigenvalue weighted by atomic mass is 32.2. The van der Waals surface area contributed by atoms with E-state index in [0.717, 1.165) is 6.26 Å². The monoisotopic (exact) mass is 386 g/mol. The molecular formula is C18H14N2O6S. The summed E-state index contributed by atoms with van der Waals surface area (Å²) in [5.41, 5.74) is -0.113. The summed E-state index contributed by atoms with van der Waals surface area (Å²) in [6, 6.07) is 12.4. The van der Waals surface area contributed by atoms with Crippen LogP contribution in [0.5, 0.6) is 0 Å². The number of hydrogen-bond acceptors (Lipinski definition) is 6. The first-order chi connectivity index (χ1) is 12.9. The second-order valence-corrected chi connectivity index (χ2v) is 8.22. The molecule has 1 aliphatic heterocycles. The van der Waals surface area contributed by atoms with Crippen molar-refractivity contribution in [1.29, 1.82) is 0 Å². The number of sulfone groups is 1. The minimum Gasteiger partial charge on any atom is -0.628 e. The van der Waals surface area contributed by atoms with Crippen LogP contribution in [0.15, 0.2) is 68.9 Å². The molecule has 1 amide bonds. The van der Waals surface area contributed by atoms with E-state index in [0.29, 0.717) is 5.58 Å². The third-order valence-corrected chi connectivity index (χ3v) is 6.55. The molecule has 2 heterocycles. The van der Waals surface area contributed by atoms with Gasteiger partial charge in [-0.05, 0) is 18.2 Å². The lowest BCUT2D eigenvalue weighted by atomic mass is 10.2. The third-order valence-electron chi connectivity index (χ3n) is 4.45. The van der Waals surface area contributed by atoms with Crippen molar-refractivity contribution in [3.63, 3.8) is 0 Å². The molecule has 1 aromatic heterocycles. The fourth-order valence-corrected chi connectivity index (χ4v) is 4.95. The normalized spacial score (nSPS) is 20.3. The predicted octanol–water partition coefficient (Wildman–Crippen LogP) is 0.949. The molecule has 0 radical (unpaired) electrons. The summed E-state index contributed by atoms with van der Waals surface area (Å²) in [5, 5.41) is 12.9. The summed E-state index contributed by atoms with van der Waals surface area (Å²) in [6.45, 7) is 0. The van der Waals surface area contributed by atoms with Gasteiger partial charge in [-0.3, -0.25) is 9.59 Å². The second-order valence-electron chi connectivity index (χ2n) is 6.12. The average Bonchev–Trinajstić information content (AvgIpc) is 2.85. The van der Waals surface area contributed by atoms with Crippen LogP contribution in [0.25, 0.3) is 11.0 Å². The third kappa shape index (κ3) is 2.81. The van der Waals surface area contributed by atoms with E-state index in [9.17, 15) is 23.2 Å². The van der Waals surface area contributed by atoms with Gasteiger partial charge in [-0.25, -0.2) is 8.42 Å². The lowest BCUT2D eigenvalue weighted by Crippen LogP contribution is -3.05. The minimum absolute atomic E-state index is 0.0713. The van der Waals surface area contributed by atoms with E-state index in [1.807, 2.05) is 0 Å². The molecule has 3 aromatic rings. The molecule has 0 aliphatic carbocycles. The van der Waals surface area contributed by atoms with Crippen LogP contribution >= 0.6 is 0 Å². The molecule has 0 saturated heterocycles. The number of para-hydroxylation sites is 2. The van der Waals surface area contributed by atoms with E-state index < -0.39 is 38.0 Å². The Balaban J connectivity index is 1.59. The molecule has 9 heteroatoms. The van der Waals surface area contributed by atoms with Crippen LogP contribution in [-0.2, 0) is 14.6 Å². The van der Waals surface area contributed by atoms with E-state index in [2.05, 4.69) is 5.32 Å². The molecule has 8 nitrogen and oxygen atoms in total. The number of carbonyl (C=O) groups is 1. The number of fused-ring (bicyclic) bond motifs is 2. The summed E-state index contributed by atoms with van der Waals surface area (Å²) in [6.07, 6.45) is 0.518. The van der Waals surface area contributed by atoms with Crippen LogP contribution in [0.3, 0.4) is 0 Å². The minimum atomic E-state index is -3.94. The van der Waals surface area contributed by atoms with E-state index in [4.69, 9.17) is 4.42 Å². The van der Waals surface area contributed by atoms with Gasteiger partial charge in [0, 0.05) is 6.07 Å². The van der Waals surface area contributed by atoms with E-state index >= 15 is 0 Å². The van der Waals surface area contributed by atoms with Gasteiger partial charge in [0.15, 0.2) is 5.69 Å². The number of hydroxylamine groups is 1. The fraction of sp³-hybridized carbons (Fsp3) is 0.111. The van der Waals surface area contributed by atoms with E-state index in [1.54, 1.807) is 30.3 Å². The van der Waals surface area contributed by atoms with Gasteiger partial charge in [0.2, 0.25) is 26.5 Å². The van der Waals surface area contributed by atoms with Crippen molar-refractivity contribution in [3.8, 4) is 0 Å². The van der Waals surface area contributed by atoms with Gasteiger partial charge in [0.1, 0.15) is 22.4 Å². The van der Waals surface area contributed by atoms with Crippen molar-refractivity contribution in [3.05, 3.63) is 70.2 Å². The molecule has 138 valence electrons. The van der Waals surface area contributed by atoms with Crippen LogP contribution in [0.1, 0.15) is 6.42 Å². The molecule has 2 atom stereocenters. The van der Waals surface area contributed by atoms with Crippen molar-refractivity contribution in [2.75, 3.05) is 5.32 Å². The molecular weight excluding hydrogens is 372 g/mol. The topological polar surface area (TPSA) is 121 Å². The van der Waals surface area contributed by atoms with Gasteiger partial charge in [-0.15, -0.1) is 0 Å². The van der Waals surface area contributed by atoms with Crippen LogP contribution < -0.4 is 15.8 Å². The first-order valence-electron chi connectivity index (χ1n) is 8.07. The Hall–Kier alpha value is -3.01. The zero-order valence-corrected chi connectivity index (χ0v) is 14.7. The van der Waals surface area contributed by atoms with Gasteiger partial charge in [0.05, 0.1) is 11.8 Å². The lowest BCUT2D eigenvalue weighted by molar-refractivity contribution is -0.786. The summed E-state index contributed by atoms with van der Waals surface area (Å²) >= 11 is 0. The molecule has 27 heavy (non-hydrogen) atoms. The first kappa shape index (κ1) is 17.4. The highest BCUT2D eigenvalue weighted by molar-refractivity contribution is 7.92. The van der Waals surface area contributed by atoms with Crippen molar-refractivity contribution in [1.82, 2.24) is 0 Å². The average molecular weight is 386 g/mol. The second kappa shape index (κ2) is 6.31. The molecule has 2 N–H and O–H groups in total. The number of carbonyl (C=O) groups excluding carboxylic acids is 1. The maximum atomic E-state index is 12.5. The Bertz CT molecular complexity index is 1220. The van der Waals surface area contributed by atoms with E-state index in [-0.39, 0.29) is 21.7 Å². The van der Waals surface area contributed by atoms with Gasteiger partial charge in [0.25, 0.3) is 0 Å². The molecule has 4 rings (SSSR count). The first-order valence-corrected chi connectivity index (χ1v) is 9.62. The molecule has 0 saturated carbocycles. The van der Waals surface area contributed by atoms with Crippen LogP contribution in [0, 0.1) is 5.21 Å². The Morgan fingerprint density at radius 3 is 2.63 bits per heavy atom. The maximum absolute atomic E-state index is 12.5. The van der Waals surface area contributed by atoms with Crippen LogP contribution in [-0.4, -0.2) is 19.7 Å². The largest absolute Gasteiger partial charge is 0.628 e. The van der Waals surface area contributed by atoms with Crippen molar-refractivity contribution >= 4 is 38.1 Å². The summed E-state index contributed by atoms with van der Waals surface area (Å²) in [5.74, 6) is -0.757. The number of benzene rings is 2. The van der Waals surface area contributed by atoms with Gasteiger partial charge < -0.3 is 20.0 Å². The number of anilines is 1. The Morgan fingerprint density at radius 2 is 1.85 bits per heavy atom. The van der Waals surface area contributed by atoms with Crippen molar-refractivity contribution < 1.29 is 22.7 Å². The number of rotatable bonds is 3. The fourth-order valence-electron chi connectivity index (χ4n) is 3.12. The van der Waals surface area contributed by atoms with Gasteiger partial charge >= 0.3 is 0 Å². The Kier molecular flexibility index (Phi) is 4.06. The SMILES string of the molecule is O=C(CC1[NH+]([O-])c2ccccc2S1(=O)=O)Nc1coc2ccccc2c1=O. The molecule has 0 bridgehead atoms. The molecule has 1 aliphatic rings. The smallest absolute Gasteiger partial charge is 0.238 e. The Labute approximate surface area is 153 Å². The van der Waals surface area contributed by atoms with Crippen LogP contribution in [0.2, 0.25) is 0 Å². The van der Waals surface area contributed by atoms with Gasteiger partial charge in [-0.1, -0.05) is 24.3 Å². The molecule has 0 spiro atoms. The van der Waals surface area contributed by atoms with E-state index in [1.165, 1.54) is 18.2 Å². The van der Waals surface area contributed by atoms with Crippen LogP contribution in [0.4, 0.5) is 11.4 Å². The van der Waals surface area contributed by atoms with Gasteiger partial charge in [-0.2, -0.15) is 0 Å². The summed E-state index contributed by atoms with van der Waals surface area (Å²) in [4.78, 5) is 24.7. The summed E-state index contributed by atoms with van der Waals surface area (Å²) < 4.78 is 30.4. The zero-order chi connectivity index (χ0) is 19.2. The van der Waals surface area contributed by atoms with Crippen molar-refractivity contribution in [2.45, 2.75) is 16.7 Å². The summed E-state index contributed by atoms with van der Waals surface area (Å²) in [7, 11) is -3.94. The number of nitrogens with one attached hydrogen (secondary N) is 2. The predicted molar refractivity (Wildman–Crippen MR) is 97.1 cm³/mol. The quantitative estimate of drug-likeness (QED) is 0.647. The standard InChI is InChI=1S/C18H14N2O6S/c21-16(19-12-10-26-14-7-3-1-5-11(14)18(12)22)9-17-20(23)13-6-2-4-8-15(13)27(17,24)25/h1-8,10,17,20H,9H2,(H,19,21). The molecule has 2 aromatic carbocycles. The lowest BCUT2D eigenvalue weighted by Gasteiger charge is -2.22. The molecule has 2 unspecified atom stereocenters. The number of hydrogen-bond donors (Lipinski definition) is 2. The molecule has 0 fully saturated rings. The highest BCUT2D eigenvalue weighted by Gasteiger charge is 2.45. The maximum Gasteiger partial charge on any atom is 0.238 e. The highest BCUT2D eigenvalue weighted by Crippen LogP contribution is 2.28. The Morgan fingerprint density at radius 1 is 1.15 bits per heavy atom. The number of quaternary nitrogens is 1.